The number of anilines is 1. The molecule has 0 unspecified atom stereocenters. The van der Waals surface area contributed by atoms with Crippen molar-refractivity contribution in [3.8, 4) is 5.75 Å². The van der Waals surface area contributed by atoms with Crippen LogP contribution in [0.2, 0.25) is 0 Å². The Morgan fingerprint density at radius 1 is 0.909 bits per heavy atom. The van der Waals surface area contributed by atoms with E-state index in [9.17, 15) is 4.79 Å². The first kappa shape index (κ1) is 22.9. The number of benzene rings is 3. The Morgan fingerprint density at radius 3 is 2.27 bits per heavy atom. The lowest BCUT2D eigenvalue weighted by Crippen LogP contribution is -2.34. The molecule has 0 bridgehead atoms. The fourth-order valence-corrected chi connectivity index (χ4v) is 4.45. The molecule has 1 saturated heterocycles. The summed E-state index contributed by atoms with van der Waals surface area (Å²) < 4.78 is 5.16. The third-order valence-electron chi connectivity index (χ3n) is 6.37. The number of nitrogens with one attached hydrogen (secondary N) is 2. The first-order valence-electron chi connectivity index (χ1n) is 11.7. The standard InChI is InChI=1S/C28H33N3O2/c1-33-27-13-11-26(12-14-27)30-28(32)29-20-24-9-5-6-10-25(24)21-31-17-15-23(16-18-31)19-22-7-3-2-4-8-22/h2-14,23H,15-21H2,1H3,(H2,29,30,32). The highest BCUT2D eigenvalue weighted by Gasteiger charge is 2.20. The third-order valence-corrected chi connectivity index (χ3v) is 6.37. The highest BCUT2D eigenvalue weighted by molar-refractivity contribution is 5.89. The van der Waals surface area contributed by atoms with E-state index in [2.05, 4.69) is 64.1 Å². The van der Waals surface area contributed by atoms with Gasteiger partial charge in [-0.2, -0.15) is 0 Å². The van der Waals surface area contributed by atoms with Crippen molar-refractivity contribution in [1.29, 1.82) is 0 Å². The zero-order valence-electron chi connectivity index (χ0n) is 19.3. The maximum Gasteiger partial charge on any atom is 0.319 e. The zero-order valence-corrected chi connectivity index (χ0v) is 19.3. The number of methoxy groups -OCH3 is 1. The molecule has 5 nitrogen and oxygen atoms in total. The van der Waals surface area contributed by atoms with Gasteiger partial charge in [-0.05, 0) is 79.2 Å². The molecule has 0 spiro atoms. The summed E-state index contributed by atoms with van der Waals surface area (Å²) in [6.07, 6.45) is 3.65. The molecule has 0 saturated carbocycles. The molecule has 33 heavy (non-hydrogen) atoms. The molecule has 3 aromatic rings. The van der Waals surface area contributed by atoms with Crippen LogP contribution < -0.4 is 15.4 Å². The van der Waals surface area contributed by atoms with Crippen molar-refractivity contribution in [2.24, 2.45) is 5.92 Å². The number of hydrogen-bond acceptors (Lipinski definition) is 3. The van der Waals surface area contributed by atoms with Crippen LogP contribution in [-0.4, -0.2) is 31.1 Å². The molecule has 0 aromatic heterocycles. The Bertz CT molecular complexity index is 1010. The lowest BCUT2D eigenvalue weighted by atomic mass is 9.90. The normalized spacial score (nSPS) is 14.6. The van der Waals surface area contributed by atoms with Crippen molar-refractivity contribution < 1.29 is 9.53 Å². The van der Waals surface area contributed by atoms with E-state index in [0.29, 0.717) is 6.54 Å². The number of carbonyl (C=O) groups is 1. The van der Waals surface area contributed by atoms with Crippen LogP contribution in [0.25, 0.3) is 0 Å². The van der Waals surface area contributed by atoms with Crippen molar-refractivity contribution in [3.05, 3.63) is 95.6 Å². The van der Waals surface area contributed by atoms with Gasteiger partial charge in [0.05, 0.1) is 7.11 Å². The summed E-state index contributed by atoms with van der Waals surface area (Å²) in [6.45, 7) is 3.67. The molecule has 1 fully saturated rings. The van der Waals surface area contributed by atoms with Gasteiger partial charge in [0.15, 0.2) is 0 Å². The van der Waals surface area contributed by atoms with Gasteiger partial charge in [-0.15, -0.1) is 0 Å². The number of piperidine rings is 1. The Kier molecular flexibility index (Phi) is 7.99. The quantitative estimate of drug-likeness (QED) is 0.485. The van der Waals surface area contributed by atoms with Crippen molar-refractivity contribution in [1.82, 2.24) is 10.2 Å². The topological polar surface area (TPSA) is 53.6 Å². The minimum atomic E-state index is -0.211. The summed E-state index contributed by atoms with van der Waals surface area (Å²) in [6, 6.07) is 26.3. The second kappa shape index (κ2) is 11.5. The molecule has 1 aliphatic heterocycles. The predicted octanol–water partition coefficient (Wildman–Crippen LogP) is 5.47. The minimum absolute atomic E-state index is 0.211. The number of rotatable bonds is 8. The second-order valence-corrected chi connectivity index (χ2v) is 8.71. The second-order valence-electron chi connectivity index (χ2n) is 8.71. The fraction of sp³-hybridized carbons (Fsp3) is 0.321. The lowest BCUT2D eigenvalue weighted by molar-refractivity contribution is 0.176. The molecule has 0 radical (unpaired) electrons. The Hall–Kier alpha value is -3.31. The van der Waals surface area contributed by atoms with Crippen LogP contribution in [0.1, 0.15) is 29.5 Å². The minimum Gasteiger partial charge on any atom is -0.497 e. The number of ether oxygens (including phenoxy) is 1. The summed E-state index contributed by atoms with van der Waals surface area (Å²) in [7, 11) is 1.62. The van der Waals surface area contributed by atoms with Gasteiger partial charge in [0.2, 0.25) is 0 Å². The fourth-order valence-electron chi connectivity index (χ4n) is 4.45. The van der Waals surface area contributed by atoms with Gasteiger partial charge in [0.1, 0.15) is 5.75 Å². The molecule has 2 N–H and O–H groups in total. The van der Waals surface area contributed by atoms with E-state index in [4.69, 9.17) is 4.74 Å². The molecular formula is C28H33N3O2. The number of hydrogen-bond donors (Lipinski definition) is 2. The number of nitrogens with zero attached hydrogens (tertiary/aromatic N) is 1. The highest BCUT2D eigenvalue weighted by atomic mass is 16.5. The largest absolute Gasteiger partial charge is 0.497 e. The van der Waals surface area contributed by atoms with Gasteiger partial charge in [0, 0.05) is 18.8 Å². The number of carbonyl (C=O) groups excluding carboxylic acids is 1. The smallest absolute Gasteiger partial charge is 0.319 e. The Morgan fingerprint density at radius 2 is 1.58 bits per heavy atom. The number of urea groups is 1. The predicted molar refractivity (Wildman–Crippen MR) is 133 cm³/mol. The van der Waals surface area contributed by atoms with E-state index in [1.807, 2.05) is 30.3 Å². The summed E-state index contributed by atoms with van der Waals surface area (Å²) in [5.41, 5.74) is 4.62. The molecule has 5 heteroatoms. The van der Waals surface area contributed by atoms with Crippen LogP contribution in [0, 0.1) is 5.92 Å². The summed E-state index contributed by atoms with van der Waals surface area (Å²) in [4.78, 5) is 14.9. The summed E-state index contributed by atoms with van der Waals surface area (Å²) in [5.74, 6) is 1.53. The van der Waals surface area contributed by atoms with Crippen LogP contribution in [-0.2, 0) is 19.5 Å². The van der Waals surface area contributed by atoms with Crippen LogP contribution >= 0.6 is 0 Å². The molecule has 2 amide bonds. The SMILES string of the molecule is COc1ccc(NC(=O)NCc2ccccc2CN2CCC(Cc3ccccc3)CC2)cc1. The average Bonchev–Trinajstić information content (AvgIpc) is 2.86. The maximum atomic E-state index is 12.4. The molecule has 1 aliphatic rings. The molecule has 3 aromatic carbocycles. The highest BCUT2D eigenvalue weighted by Crippen LogP contribution is 2.23. The van der Waals surface area contributed by atoms with E-state index in [1.54, 1.807) is 7.11 Å². The first-order chi connectivity index (χ1) is 16.2. The summed E-state index contributed by atoms with van der Waals surface area (Å²) in [5, 5.41) is 5.86. The Labute approximate surface area is 196 Å². The van der Waals surface area contributed by atoms with Crippen LogP contribution in [0.15, 0.2) is 78.9 Å². The number of amides is 2. The lowest BCUT2D eigenvalue weighted by Gasteiger charge is -2.32. The number of likely N-dealkylation sites (tertiary alicyclic amines) is 1. The van der Waals surface area contributed by atoms with E-state index in [0.717, 1.165) is 42.6 Å². The van der Waals surface area contributed by atoms with Gasteiger partial charge in [-0.25, -0.2) is 4.79 Å². The van der Waals surface area contributed by atoms with E-state index < -0.39 is 0 Å². The Balaban J connectivity index is 1.25. The summed E-state index contributed by atoms with van der Waals surface area (Å²) >= 11 is 0. The van der Waals surface area contributed by atoms with Crippen molar-refractivity contribution >= 4 is 11.7 Å². The van der Waals surface area contributed by atoms with E-state index >= 15 is 0 Å². The molecular weight excluding hydrogens is 410 g/mol. The van der Waals surface area contributed by atoms with Crippen molar-refractivity contribution in [2.75, 3.05) is 25.5 Å². The molecule has 172 valence electrons. The van der Waals surface area contributed by atoms with E-state index in [1.165, 1.54) is 30.4 Å². The van der Waals surface area contributed by atoms with Gasteiger partial charge < -0.3 is 15.4 Å². The molecule has 4 rings (SSSR count). The van der Waals surface area contributed by atoms with Crippen molar-refractivity contribution in [2.45, 2.75) is 32.4 Å². The van der Waals surface area contributed by atoms with Crippen molar-refractivity contribution in [3.63, 3.8) is 0 Å². The van der Waals surface area contributed by atoms with Gasteiger partial charge in [-0.1, -0.05) is 54.6 Å². The van der Waals surface area contributed by atoms with E-state index in [-0.39, 0.29) is 6.03 Å². The van der Waals surface area contributed by atoms with Gasteiger partial charge >= 0.3 is 6.03 Å². The maximum absolute atomic E-state index is 12.4. The zero-order chi connectivity index (χ0) is 22.9. The molecule has 0 aliphatic carbocycles. The third kappa shape index (κ3) is 6.83. The average molecular weight is 444 g/mol. The van der Waals surface area contributed by atoms with Crippen LogP contribution in [0.3, 0.4) is 0 Å². The van der Waals surface area contributed by atoms with Gasteiger partial charge in [0.25, 0.3) is 0 Å². The van der Waals surface area contributed by atoms with Crippen LogP contribution in [0.4, 0.5) is 10.5 Å². The monoisotopic (exact) mass is 443 g/mol. The first-order valence-corrected chi connectivity index (χ1v) is 11.7. The molecule has 0 atom stereocenters. The van der Waals surface area contributed by atoms with Gasteiger partial charge in [-0.3, -0.25) is 4.90 Å². The molecule has 1 heterocycles. The van der Waals surface area contributed by atoms with Crippen LogP contribution in [0.5, 0.6) is 5.75 Å².